The summed E-state index contributed by atoms with van der Waals surface area (Å²) in [6.45, 7) is 9.39. The van der Waals surface area contributed by atoms with Crippen molar-refractivity contribution in [1.82, 2.24) is 15.3 Å². The lowest BCUT2D eigenvalue weighted by atomic mass is 10.3. The lowest BCUT2D eigenvalue weighted by Gasteiger charge is -2.20. The standard InChI is InChI=1S/C14H24N4/c1-4-18(10-12-5-6-12)14-16-8-13(9-17-14)7-15-11(2)3/h8-9,11-12,15H,4-7,10H2,1-3H3. The first-order chi connectivity index (χ1) is 8.69. The highest BCUT2D eigenvalue weighted by Crippen LogP contribution is 2.30. The van der Waals surface area contributed by atoms with Crippen LogP contribution in [0.15, 0.2) is 12.4 Å². The molecule has 4 heteroatoms. The van der Waals surface area contributed by atoms with Crippen molar-refractivity contribution in [2.75, 3.05) is 18.0 Å². The fraction of sp³-hybridized carbons (Fsp3) is 0.714. The molecule has 0 atom stereocenters. The summed E-state index contributed by atoms with van der Waals surface area (Å²) in [6, 6.07) is 0.492. The topological polar surface area (TPSA) is 41.1 Å². The Hall–Kier alpha value is -1.16. The molecule has 1 aromatic heterocycles. The van der Waals surface area contributed by atoms with Crippen molar-refractivity contribution in [2.24, 2.45) is 5.92 Å². The molecule has 0 unspecified atom stereocenters. The molecule has 1 aromatic rings. The van der Waals surface area contributed by atoms with Gasteiger partial charge in [0.1, 0.15) is 0 Å². The molecule has 1 saturated carbocycles. The smallest absolute Gasteiger partial charge is 0.225 e. The van der Waals surface area contributed by atoms with E-state index in [0.717, 1.165) is 37.1 Å². The van der Waals surface area contributed by atoms with Crippen LogP contribution in [-0.4, -0.2) is 29.1 Å². The van der Waals surface area contributed by atoms with Crippen molar-refractivity contribution in [1.29, 1.82) is 0 Å². The van der Waals surface area contributed by atoms with Crippen LogP contribution in [0.1, 0.15) is 39.2 Å². The van der Waals surface area contributed by atoms with Gasteiger partial charge in [-0.1, -0.05) is 13.8 Å². The number of aromatic nitrogens is 2. The Balaban J connectivity index is 1.92. The van der Waals surface area contributed by atoms with E-state index in [2.05, 4.69) is 41.0 Å². The lowest BCUT2D eigenvalue weighted by Crippen LogP contribution is -2.27. The third kappa shape index (κ3) is 3.95. The predicted octanol–water partition coefficient (Wildman–Crippen LogP) is 2.21. The second-order valence-electron chi connectivity index (χ2n) is 5.41. The summed E-state index contributed by atoms with van der Waals surface area (Å²) in [5.74, 6) is 1.74. The maximum atomic E-state index is 4.48. The van der Waals surface area contributed by atoms with E-state index in [0.29, 0.717) is 6.04 Å². The van der Waals surface area contributed by atoms with Crippen molar-refractivity contribution >= 4 is 5.95 Å². The van der Waals surface area contributed by atoms with Crippen LogP contribution in [0.4, 0.5) is 5.95 Å². The Bertz CT molecular complexity index is 357. The van der Waals surface area contributed by atoms with E-state index in [1.165, 1.54) is 12.8 Å². The van der Waals surface area contributed by atoms with Gasteiger partial charge in [0.2, 0.25) is 5.95 Å². The molecule has 2 rings (SSSR count). The van der Waals surface area contributed by atoms with Gasteiger partial charge in [0, 0.05) is 43.6 Å². The van der Waals surface area contributed by atoms with E-state index in [9.17, 15) is 0 Å². The molecule has 0 amide bonds. The summed E-state index contributed by atoms with van der Waals surface area (Å²) in [6.07, 6.45) is 6.61. The zero-order chi connectivity index (χ0) is 13.0. The summed E-state index contributed by atoms with van der Waals surface area (Å²) in [7, 11) is 0. The first-order valence-corrected chi connectivity index (χ1v) is 6.98. The van der Waals surface area contributed by atoms with Crippen molar-refractivity contribution in [3.8, 4) is 0 Å². The molecule has 1 aliphatic carbocycles. The summed E-state index contributed by atoms with van der Waals surface area (Å²) in [4.78, 5) is 11.2. The van der Waals surface area contributed by atoms with E-state index in [4.69, 9.17) is 0 Å². The van der Waals surface area contributed by atoms with Crippen LogP contribution < -0.4 is 10.2 Å². The van der Waals surface area contributed by atoms with Gasteiger partial charge >= 0.3 is 0 Å². The monoisotopic (exact) mass is 248 g/mol. The lowest BCUT2D eigenvalue weighted by molar-refractivity contribution is 0.586. The number of nitrogens with one attached hydrogen (secondary N) is 1. The van der Waals surface area contributed by atoms with Gasteiger partial charge in [-0.2, -0.15) is 0 Å². The third-order valence-electron chi connectivity index (χ3n) is 3.25. The molecule has 18 heavy (non-hydrogen) atoms. The van der Waals surface area contributed by atoms with Crippen LogP contribution in [0.5, 0.6) is 0 Å². The van der Waals surface area contributed by atoms with E-state index in [1.54, 1.807) is 0 Å². The van der Waals surface area contributed by atoms with Gasteiger partial charge in [0.15, 0.2) is 0 Å². The molecular formula is C14H24N4. The number of anilines is 1. The molecule has 4 nitrogen and oxygen atoms in total. The van der Waals surface area contributed by atoms with E-state index < -0.39 is 0 Å². The van der Waals surface area contributed by atoms with Gasteiger partial charge < -0.3 is 10.2 Å². The average Bonchev–Trinajstić information content (AvgIpc) is 3.18. The largest absolute Gasteiger partial charge is 0.341 e. The highest BCUT2D eigenvalue weighted by molar-refractivity contribution is 5.30. The number of hydrogen-bond donors (Lipinski definition) is 1. The van der Waals surface area contributed by atoms with Crippen molar-refractivity contribution in [3.05, 3.63) is 18.0 Å². The first-order valence-electron chi connectivity index (χ1n) is 6.98. The molecule has 100 valence electrons. The Morgan fingerprint density at radius 1 is 1.33 bits per heavy atom. The van der Waals surface area contributed by atoms with E-state index >= 15 is 0 Å². The number of hydrogen-bond acceptors (Lipinski definition) is 4. The summed E-state index contributed by atoms with van der Waals surface area (Å²) >= 11 is 0. The Kier molecular flexibility index (Phi) is 4.53. The molecule has 1 fully saturated rings. The fourth-order valence-electron chi connectivity index (χ4n) is 1.89. The molecule has 0 spiro atoms. The van der Waals surface area contributed by atoms with Gasteiger partial charge in [0.05, 0.1) is 0 Å². The minimum atomic E-state index is 0.492. The molecule has 1 heterocycles. The second-order valence-corrected chi connectivity index (χ2v) is 5.41. The minimum Gasteiger partial charge on any atom is -0.341 e. The highest BCUT2D eigenvalue weighted by Gasteiger charge is 2.24. The first kappa shape index (κ1) is 13.3. The zero-order valence-electron chi connectivity index (χ0n) is 11.7. The minimum absolute atomic E-state index is 0.492. The van der Waals surface area contributed by atoms with Crippen molar-refractivity contribution < 1.29 is 0 Å². The van der Waals surface area contributed by atoms with Crippen LogP contribution in [0, 0.1) is 5.92 Å². The van der Waals surface area contributed by atoms with Gasteiger partial charge in [-0.05, 0) is 25.7 Å². The molecule has 1 N–H and O–H groups in total. The average molecular weight is 248 g/mol. The molecule has 0 aromatic carbocycles. The quantitative estimate of drug-likeness (QED) is 0.803. The highest BCUT2D eigenvalue weighted by atomic mass is 15.2. The number of rotatable bonds is 7. The summed E-state index contributed by atoms with van der Waals surface area (Å²) in [5.41, 5.74) is 1.15. The van der Waals surface area contributed by atoms with Crippen LogP contribution in [-0.2, 0) is 6.54 Å². The zero-order valence-corrected chi connectivity index (χ0v) is 11.7. The second kappa shape index (κ2) is 6.14. The molecule has 0 saturated heterocycles. The van der Waals surface area contributed by atoms with Gasteiger partial charge in [-0.25, -0.2) is 9.97 Å². The van der Waals surface area contributed by atoms with Crippen LogP contribution in [0.25, 0.3) is 0 Å². The maximum absolute atomic E-state index is 4.48. The third-order valence-corrected chi connectivity index (χ3v) is 3.25. The van der Waals surface area contributed by atoms with Crippen molar-refractivity contribution in [3.63, 3.8) is 0 Å². The molecule has 0 radical (unpaired) electrons. The molecule has 1 aliphatic rings. The van der Waals surface area contributed by atoms with Crippen LogP contribution >= 0.6 is 0 Å². The Morgan fingerprint density at radius 2 is 2.00 bits per heavy atom. The van der Waals surface area contributed by atoms with Crippen LogP contribution in [0.2, 0.25) is 0 Å². The Labute approximate surface area is 110 Å². The van der Waals surface area contributed by atoms with Gasteiger partial charge in [0.25, 0.3) is 0 Å². The molecular weight excluding hydrogens is 224 g/mol. The predicted molar refractivity (Wildman–Crippen MR) is 74.6 cm³/mol. The number of nitrogens with zero attached hydrogens (tertiary/aromatic N) is 3. The van der Waals surface area contributed by atoms with Gasteiger partial charge in [-0.15, -0.1) is 0 Å². The normalized spacial score (nSPS) is 15.1. The maximum Gasteiger partial charge on any atom is 0.225 e. The summed E-state index contributed by atoms with van der Waals surface area (Å²) < 4.78 is 0. The SMILES string of the molecule is CCN(CC1CC1)c1ncc(CNC(C)C)cn1. The molecule has 0 bridgehead atoms. The summed E-state index contributed by atoms with van der Waals surface area (Å²) in [5, 5.41) is 3.37. The fourth-order valence-corrected chi connectivity index (χ4v) is 1.89. The molecule has 0 aliphatic heterocycles. The van der Waals surface area contributed by atoms with E-state index in [-0.39, 0.29) is 0 Å². The van der Waals surface area contributed by atoms with Crippen LogP contribution in [0.3, 0.4) is 0 Å². The van der Waals surface area contributed by atoms with Crippen molar-refractivity contribution in [2.45, 2.75) is 46.2 Å². The Morgan fingerprint density at radius 3 is 2.50 bits per heavy atom. The van der Waals surface area contributed by atoms with E-state index in [1.807, 2.05) is 12.4 Å². The van der Waals surface area contributed by atoms with Gasteiger partial charge in [-0.3, -0.25) is 0 Å².